The summed E-state index contributed by atoms with van der Waals surface area (Å²) in [5, 5.41) is -0.358. The van der Waals surface area contributed by atoms with Gasteiger partial charge >= 0.3 is 0 Å². The third-order valence-corrected chi connectivity index (χ3v) is 16.9. The number of rotatable bonds is 19. The van der Waals surface area contributed by atoms with Crippen molar-refractivity contribution in [3.05, 3.63) is 12.7 Å². The van der Waals surface area contributed by atoms with Crippen LogP contribution < -0.4 is 5.73 Å². The second kappa shape index (κ2) is 28.8. The summed E-state index contributed by atoms with van der Waals surface area (Å²) in [7, 11) is 0. The Kier molecular flexibility index (Phi) is 26.8. The van der Waals surface area contributed by atoms with Crippen LogP contribution in [0.3, 0.4) is 0 Å². The van der Waals surface area contributed by atoms with Crippen LogP contribution in [0, 0.1) is 43.3 Å². The molecule has 8 atom stereocenters. The van der Waals surface area contributed by atoms with E-state index in [0.717, 1.165) is 90.6 Å². The fourth-order valence-electron chi connectivity index (χ4n) is 14.2. The van der Waals surface area contributed by atoms with Crippen LogP contribution in [0.15, 0.2) is 12.7 Å². The maximum Gasteiger partial charge on any atom is 0.169 e. The van der Waals surface area contributed by atoms with Crippen LogP contribution in [-0.4, -0.2) is 136 Å². The predicted molar refractivity (Wildman–Crippen MR) is 300 cm³/mol. The maximum atomic E-state index is 11.7. The summed E-state index contributed by atoms with van der Waals surface area (Å²) < 4.78 is 46.5. The van der Waals surface area contributed by atoms with Gasteiger partial charge in [-0.1, -0.05) is 89.2 Å². The van der Waals surface area contributed by atoms with Crippen molar-refractivity contribution >= 4 is 75.4 Å². The monoisotopic (exact) mass is 1140 g/mol. The van der Waals surface area contributed by atoms with E-state index in [2.05, 4.69) is 89.7 Å². The Morgan fingerprint density at radius 3 is 1.25 bits per heavy atom. The molecule has 0 aromatic carbocycles. The molecule has 72 heavy (non-hydrogen) atoms. The molecular formula is C56H99Cl6NO9. The number of ketones is 1. The van der Waals surface area contributed by atoms with Gasteiger partial charge in [0.05, 0.1) is 95.4 Å². The minimum atomic E-state index is -0.410. The lowest BCUT2D eigenvalue weighted by Crippen LogP contribution is -2.49. The molecule has 6 fully saturated rings. The molecule has 424 valence electrons. The van der Waals surface area contributed by atoms with Gasteiger partial charge in [-0.05, 0) is 81.8 Å². The molecule has 4 aliphatic carbocycles. The molecule has 4 saturated carbocycles. The molecule has 0 aromatic heterocycles. The van der Waals surface area contributed by atoms with Crippen molar-refractivity contribution in [2.45, 2.75) is 194 Å². The van der Waals surface area contributed by atoms with Gasteiger partial charge < -0.3 is 43.6 Å². The van der Waals surface area contributed by atoms with Gasteiger partial charge in [0.15, 0.2) is 11.6 Å². The molecule has 6 aliphatic rings. The molecular weight excluding hydrogens is 1040 g/mol. The van der Waals surface area contributed by atoms with Gasteiger partial charge in [-0.3, -0.25) is 4.79 Å². The minimum absolute atomic E-state index is 0.0506. The van der Waals surface area contributed by atoms with Crippen LogP contribution in [0.25, 0.3) is 0 Å². The highest BCUT2D eigenvalue weighted by molar-refractivity contribution is 6.28. The van der Waals surface area contributed by atoms with Crippen LogP contribution >= 0.6 is 69.6 Å². The van der Waals surface area contributed by atoms with Crippen LogP contribution in [-0.2, 0) is 42.7 Å². The van der Waals surface area contributed by atoms with E-state index >= 15 is 0 Å². The molecule has 0 bridgehead atoms. The second-order valence-electron chi connectivity index (χ2n) is 27.2. The van der Waals surface area contributed by atoms with Gasteiger partial charge in [-0.2, -0.15) is 0 Å². The Labute approximate surface area is 467 Å². The molecule has 2 N–H and O–H groups in total. The van der Waals surface area contributed by atoms with Crippen molar-refractivity contribution in [1.29, 1.82) is 0 Å². The summed E-state index contributed by atoms with van der Waals surface area (Å²) in [6.45, 7) is 38.3. The van der Waals surface area contributed by atoms with Crippen molar-refractivity contribution in [1.82, 2.24) is 0 Å². The third-order valence-electron chi connectivity index (χ3n) is 14.4. The topological polar surface area (TPSA) is 117 Å². The van der Waals surface area contributed by atoms with Crippen molar-refractivity contribution in [2.75, 3.05) is 96.9 Å². The first-order valence-corrected chi connectivity index (χ1v) is 29.5. The zero-order chi connectivity index (χ0) is 54.3. The van der Waals surface area contributed by atoms with Gasteiger partial charge in [0.2, 0.25) is 0 Å². The van der Waals surface area contributed by atoms with Crippen LogP contribution in [0.5, 0.6) is 0 Å². The van der Waals surface area contributed by atoms with Crippen LogP contribution in [0.4, 0.5) is 0 Å². The standard InChI is InChI=1S/C15H26Cl2O3.C15H26O3.C13H25Cl2NO.C13H22Cl2O2/c1-13(2)8-14(3,11-18-7-12(17)6-16)10-15(9-13)19-4-5-20-15;1-5-6-16-12-14(4)9-13(2,3)10-15(11-14)17-7-8-18-15;2*1-12(2)4-11(16)5-13(3,8-12)9-17-7-10(15)6-14/h12H,4-11H2,1-3H3;5H,1,6-12H2,2-4H3;10-11H,4-9,16H2,1-3H3;10H,4-9H2,1-3H3. The van der Waals surface area contributed by atoms with E-state index in [4.69, 9.17) is 113 Å². The summed E-state index contributed by atoms with van der Waals surface area (Å²) in [6.07, 6.45) is 13.4. The highest BCUT2D eigenvalue weighted by Crippen LogP contribution is 2.55. The van der Waals surface area contributed by atoms with Crippen molar-refractivity contribution in [3.63, 3.8) is 0 Å². The van der Waals surface area contributed by atoms with E-state index in [0.29, 0.717) is 94.5 Å². The predicted octanol–water partition coefficient (Wildman–Crippen LogP) is 14.0. The lowest BCUT2D eigenvalue weighted by Gasteiger charge is -2.50. The highest BCUT2D eigenvalue weighted by atomic mass is 35.5. The summed E-state index contributed by atoms with van der Waals surface area (Å²) in [6, 6.07) is 0.284. The van der Waals surface area contributed by atoms with E-state index in [1.807, 2.05) is 0 Å². The molecule has 16 heteroatoms. The number of carbonyl (C=O) groups excluding carboxylic acids is 1. The Morgan fingerprint density at radius 1 is 0.514 bits per heavy atom. The SMILES string of the molecule is C=CCOCC1(C)CC(C)(C)CC2(C1)OCCO2.CC1(C)CC(=O)CC(C)(COCC(Cl)CCl)C1.CC1(C)CC(C)(COCC(Cl)CCl)CC2(C1)OCCO2.CC1(C)CC(N)CC(C)(COCC(Cl)CCl)C1. The van der Waals surface area contributed by atoms with Crippen molar-refractivity contribution < 1.29 is 42.7 Å². The van der Waals surface area contributed by atoms with E-state index in [1.54, 1.807) is 6.08 Å². The lowest BCUT2D eigenvalue weighted by molar-refractivity contribution is -0.230. The second-order valence-corrected chi connectivity index (χ2v) is 30.0. The normalized spacial score (nSPS) is 33.0. The first-order valence-electron chi connectivity index (χ1n) is 26.5. The Hall–Kier alpha value is 0.790. The van der Waals surface area contributed by atoms with Gasteiger partial charge in [-0.25, -0.2) is 0 Å². The van der Waals surface area contributed by atoms with Crippen molar-refractivity contribution in [3.8, 4) is 0 Å². The van der Waals surface area contributed by atoms with E-state index in [-0.39, 0.29) is 65.9 Å². The highest BCUT2D eigenvalue weighted by Gasteiger charge is 2.54. The molecule has 10 nitrogen and oxygen atoms in total. The van der Waals surface area contributed by atoms with Gasteiger partial charge in [0.25, 0.3) is 0 Å². The molecule has 8 unspecified atom stereocenters. The van der Waals surface area contributed by atoms with Gasteiger partial charge in [-0.15, -0.1) is 76.2 Å². The fourth-order valence-corrected chi connectivity index (χ4v) is 14.7. The first kappa shape index (κ1) is 67.1. The summed E-state index contributed by atoms with van der Waals surface area (Å²) in [5.74, 6) is 0.805. The Balaban J connectivity index is 0.000000254. The number of hydrogen-bond acceptors (Lipinski definition) is 10. The molecule has 0 amide bonds. The molecule has 2 spiro atoms. The maximum absolute atomic E-state index is 11.7. The zero-order valence-electron chi connectivity index (χ0n) is 46.7. The van der Waals surface area contributed by atoms with Crippen molar-refractivity contribution in [2.24, 2.45) is 49.1 Å². The molecule has 6 rings (SSSR count). The lowest BCUT2D eigenvalue weighted by atomic mass is 9.62. The average Bonchev–Trinajstić information content (AvgIpc) is 3.85. The van der Waals surface area contributed by atoms with Crippen LogP contribution in [0.2, 0.25) is 0 Å². The number of halogens is 6. The fraction of sp³-hybridized carbons (Fsp3) is 0.946. The quantitative estimate of drug-likeness (QED) is 0.0761. The van der Waals surface area contributed by atoms with E-state index in [1.165, 1.54) is 0 Å². The molecule has 0 aromatic rings. The summed E-state index contributed by atoms with van der Waals surface area (Å²) in [4.78, 5) is 11.7. The molecule has 2 aliphatic heterocycles. The van der Waals surface area contributed by atoms with E-state index < -0.39 is 5.79 Å². The van der Waals surface area contributed by atoms with Gasteiger partial charge in [0, 0.05) is 62.2 Å². The van der Waals surface area contributed by atoms with Gasteiger partial charge in [0.1, 0.15) is 5.78 Å². The summed E-state index contributed by atoms with van der Waals surface area (Å²) >= 11 is 34.8. The molecule has 0 radical (unpaired) electrons. The largest absolute Gasteiger partial charge is 0.379 e. The number of alkyl halides is 6. The average molecular weight is 1140 g/mol. The Morgan fingerprint density at radius 2 is 0.875 bits per heavy atom. The third kappa shape index (κ3) is 24.0. The number of ether oxygens (including phenoxy) is 8. The summed E-state index contributed by atoms with van der Waals surface area (Å²) in [5.41, 5.74) is 7.24. The number of Topliss-reactive ketones (excluding diaryl/α,β-unsaturated/α-hetero) is 1. The number of hydrogen-bond donors (Lipinski definition) is 1. The smallest absolute Gasteiger partial charge is 0.169 e. The van der Waals surface area contributed by atoms with E-state index in [9.17, 15) is 4.79 Å². The zero-order valence-corrected chi connectivity index (χ0v) is 51.2. The number of nitrogens with two attached hydrogens (primary N) is 1. The number of carbonyl (C=O) groups is 1. The Bertz CT molecular complexity index is 1630. The minimum Gasteiger partial charge on any atom is -0.379 e. The molecule has 2 saturated heterocycles. The molecule has 2 heterocycles. The first-order chi connectivity index (χ1) is 33.2. The van der Waals surface area contributed by atoms with Crippen LogP contribution in [0.1, 0.15) is 160 Å².